The molecule has 0 fully saturated rings. The zero-order valence-corrected chi connectivity index (χ0v) is 12.1. The summed E-state index contributed by atoms with van der Waals surface area (Å²) in [6.07, 6.45) is 4.64. The van der Waals surface area contributed by atoms with E-state index in [2.05, 4.69) is 15.5 Å². The van der Waals surface area contributed by atoms with E-state index >= 15 is 0 Å². The molecule has 0 spiro atoms. The summed E-state index contributed by atoms with van der Waals surface area (Å²) in [5, 5.41) is 14.0. The van der Waals surface area contributed by atoms with Crippen molar-refractivity contribution in [2.45, 2.75) is 38.5 Å². The molecule has 0 radical (unpaired) electrons. The second-order valence-corrected chi connectivity index (χ2v) is 4.90. The minimum atomic E-state index is -0.741. The number of carboxylic acid groups (broad SMARTS) is 1. The van der Waals surface area contributed by atoms with Gasteiger partial charge in [-0.15, -0.1) is 0 Å². The first-order valence-electron chi connectivity index (χ1n) is 6.90. The molecule has 0 atom stereocenters. The lowest BCUT2D eigenvalue weighted by Crippen LogP contribution is -2.37. The van der Waals surface area contributed by atoms with Crippen LogP contribution >= 0.6 is 0 Å². The van der Waals surface area contributed by atoms with Crippen molar-refractivity contribution in [2.75, 3.05) is 33.7 Å². The number of nitrogens with zero attached hydrogens (tertiary/aromatic N) is 1. The zero-order valence-electron chi connectivity index (χ0n) is 12.1. The first kappa shape index (κ1) is 17.7. The highest BCUT2D eigenvalue weighted by Gasteiger charge is 1.99. The van der Waals surface area contributed by atoms with Gasteiger partial charge in [-0.1, -0.05) is 12.8 Å². The lowest BCUT2D eigenvalue weighted by molar-refractivity contribution is -0.137. The van der Waals surface area contributed by atoms with Crippen LogP contribution in [0.5, 0.6) is 0 Å². The van der Waals surface area contributed by atoms with Gasteiger partial charge in [0.05, 0.1) is 0 Å². The van der Waals surface area contributed by atoms with E-state index < -0.39 is 5.97 Å². The highest BCUT2D eigenvalue weighted by molar-refractivity contribution is 5.73. The Bertz CT molecular complexity index is 258. The Morgan fingerprint density at radius 3 is 2.11 bits per heavy atom. The number of aliphatic carboxylic acids is 1. The van der Waals surface area contributed by atoms with Gasteiger partial charge in [-0.3, -0.25) is 4.79 Å². The molecule has 0 saturated carbocycles. The maximum absolute atomic E-state index is 11.4. The monoisotopic (exact) mass is 273 g/mol. The van der Waals surface area contributed by atoms with Gasteiger partial charge < -0.3 is 20.6 Å². The molecule has 0 aromatic heterocycles. The van der Waals surface area contributed by atoms with E-state index in [0.717, 1.165) is 32.2 Å². The number of carbonyl (C=O) groups excluding carboxylic acids is 1. The van der Waals surface area contributed by atoms with E-state index in [-0.39, 0.29) is 12.5 Å². The minimum absolute atomic E-state index is 0.121. The van der Waals surface area contributed by atoms with Crippen LogP contribution in [0.2, 0.25) is 0 Å². The van der Waals surface area contributed by atoms with Crippen LogP contribution in [0.1, 0.15) is 38.5 Å². The Hall–Kier alpha value is -1.30. The van der Waals surface area contributed by atoms with Crippen molar-refractivity contribution < 1.29 is 14.7 Å². The Morgan fingerprint density at radius 1 is 0.947 bits per heavy atom. The summed E-state index contributed by atoms with van der Waals surface area (Å²) in [5.41, 5.74) is 0. The molecule has 0 rings (SSSR count). The van der Waals surface area contributed by atoms with Gasteiger partial charge >= 0.3 is 12.0 Å². The fraction of sp³-hybridized carbons (Fsp3) is 0.846. The van der Waals surface area contributed by atoms with Gasteiger partial charge in [0.15, 0.2) is 0 Å². The number of nitrogens with one attached hydrogen (secondary N) is 2. The van der Waals surface area contributed by atoms with Crippen molar-refractivity contribution in [2.24, 2.45) is 0 Å². The lowest BCUT2D eigenvalue weighted by atomic mass is 10.1. The average molecular weight is 273 g/mol. The molecule has 0 unspecified atom stereocenters. The maximum Gasteiger partial charge on any atom is 0.314 e. The van der Waals surface area contributed by atoms with Crippen LogP contribution in [0.3, 0.4) is 0 Å². The van der Waals surface area contributed by atoms with Crippen LogP contribution in [0.4, 0.5) is 4.79 Å². The number of rotatable bonds is 11. The molecule has 3 N–H and O–H groups in total. The number of urea groups is 1. The first-order valence-corrected chi connectivity index (χ1v) is 6.90. The van der Waals surface area contributed by atoms with Gasteiger partial charge in [-0.2, -0.15) is 0 Å². The first-order chi connectivity index (χ1) is 9.02. The standard InChI is InChI=1S/C13H27N3O3/c1-16(2)11-7-10-15-13(19)14-9-6-4-3-5-8-12(17)18/h3-11H2,1-2H3,(H,17,18)(H2,14,15,19). The molecular weight excluding hydrogens is 246 g/mol. The molecule has 19 heavy (non-hydrogen) atoms. The molecule has 0 aliphatic rings. The van der Waals surface area contributed by atoms with Gasteiger partial charge in [-0.05, 0) is 39.9 Å². The lowest BCUT2D eigenvalue weighted by Gasteiger charge is -2.10. The molecule has 0 aliphatic carbocycles. The Morgan fingerprint density at radius 2 is 1.53 bits per heavy atom. The minimum Gasteiger partial charge on any atom is -0.481 e. The van der Waals surface area contributed by atoms with Crippen molar-refractivity contribution in [3.63, 3.8) is 0 Å². The molecular formula is C13H27N3O3. The Kier molecular flexibility index (Phi) is 11.0. The SMILES string of the molecule is CN(C)CCCNC(=O)NCCCCCCC(=O)O. The quantitative estimate of drug-likeness (QED) is 0.495. The topological polar surface area (TPSA) is 81.7 Å². The van der Waals surface area contributed by atoms with Gasteiger partial charge in [0.2, 0.25) is 0 Å². The van der Waals surface area contributed by atoms with Gasteiger partial charge in [0.25, 0.3) is 0 Å². The van der Waals surface area contributed by atoms with Crippen LogP contribution in [-0.2, 0) is 4.79 Å². The number of unbranched alkanes of at least 4 members (excludes halogenated alkanes) is 3. The van der Waals surface area contributed by atoms with E-state index in [9.17, 15) is 9.59 Å². The Labute approximate surface area is 115 Å². The van der Waals surface area contributed by atoms with E-state index in [4.69, 9.17) is 5.11 Å². The summed E-state index contributed by atoms with van der Waals surface area (Å²) in [4.78, 5) is 23.7. The van der Waals surface area contributed by atoms with Gasteiger partial charge in [0, 0.05) is 19.5 Å². The molecule has 0 aromatic carbocycles. The maximum atomic E-state index is 11.4. The molecule has 6 nitrogen and oxygen atoms in total. The zero-order chi connectivity index (χ0) is 14.5. The fourth-order valence-electron chi connectivity index (χ4n) is 1.62. The molecule has 112 valence electrons. The third kappa shape index (κ3) is 14.6. The number of carboxylic acids is 1. The number of hydrogen-bond donors (Lipinski definition) is 3. The van der Waals surface area contributed by atoms with Crippen LogP contribution in [0.25, 0.3) is 0 Å². The summed E-state index contributed by atoms with van der Waals surface area (Å²) in [6.45, 7) is 2.29. The molecule has 0 saturated heterocycles. The summed E-state index contributed by atoms with van der Waals surface area (Å²) >= 11 is 0. The second kappa shape index (κ2) is 11.8. The smallest absolute Gasteiger partial charge is 0.314 e. The van der Waals surface area contributed by atoms with Crippen molar-refractivity contribution >= 4 is 12.0 Å². The van der Waals surface area contributed by atoms with Crippen molar-refractivity contribution in [1.82, 2.24) is 15.5 Å². The highest BCUT2D eigenvalue weighted by Crippen LogP contribution is 2.01. The van der Waals surface area contributed by atoms with Gasteiger partial charge in [0.1, 0.15) is 0 Å². The third-order valence-corrected chi connectivity index (χ3v) is 2.67. The second-order valence-electron chi connectivity index (χ2n) is 4.90. The summed E-state index contributed by atoms with van der Waals surface area (Å²) < 4.78 is 0. The third-order valence-electron chi connectivity index (χ3n) is 2.67. The molecule has 0 bridgehead atoms. The van der Waals surface area contributed by atoms with Crippen molar-refractivity contribution in [1.29, 1.82) is 0 Å². The predicted molar refractivity (Wildman–Crippen MR) is 75.3 cm³/mol. The number of carbonyl (C=O) groups is 2. The fourth-order valence-corrected chi connectivity index (χ4v) is 1.62. The Balaban J connectivity index is 3.22. The predicted octanol–water partition coefficient (Wildman–Crippen LogP) is 1.27. The molecule has 6 heteroatoms. The highest BCUT2D eigenvalue weighted by atomic mass is 16.4. The van der Waals surface area contributed by atoms with Crippen molar-refractivity contribution in [3.05, 3.63) is 0 Å². The van der Waals surface area contributed by atoms with Crippen LogP contribution < -0.4 is 10.6 Å². The van der Waals surface area contributed by atoms with E-state index in [1.54, 1.807) is 0 Å². The van der Waals surface area contributed by atoms with Crippen LogP contribution in [0, 0.1) is 0 Å². The van der Waals surface area contributed by atoms with Crippen molar-refractivity contribution in [3.8, 4) is 0 Å². The summed E-state index contributed by atoms with van der Waals surface area (Å²) in [6, 6.07) is -0.121. The average Bonchev–Trinajstić information content (AvgIpc) is 2.33. The summed E-state index contributed by atoms with van der Waals surface area (Å²) in [7, 11) is 4.01. The largest absolute Gasteiger partial charge is 0.481 e. The van der Waals surface area contributed by atoms with Crippen LogP contribution in [0.15, 0.2) is 0 Å². The number of hydrogen-bond acceptors (Lipinski definition) is 3. The van der Waals surface area contributed by atoms with E-state index in [1.165, 1.54) is 0 Å². The van der Waals surface area contributed by atoms with E-state index in [1.807, 2.05) is 14.1 Å². The normalized spacial score (nSPS) is 10.5. The molecule has 0 aliphatic heterocycles. The van der Waals surface area contributed by atoms with Gasteiger partial charge in [-0.25, -0.2) is 4.79 Å². The molecule has 2 amide bonds. The van der Waals surface area contributed by atoms with E-state index in [0.29, 0.717) is 19.5 Å². The molecule has 0 aromatic rings. The summed E-state index contributed by atoms with van der Waals surface area (Å²) in [5.74, 6) is -0.741. The van der Waals surface area contributed by atoms with Crippen LogP contribution in [-0.4, -0.2) is 55.7 Å². The molecule has 0 heterocycles. The number of amides is 2.